The first kappa shape index (κ1) is 28.4. The SMILES string of the molecule is CCOC(=O)[C@H]1C(=O)N(c2ccc(OC)cc2)C(C(=O)OCC)(C(=O)OCC)[C@@H]1CC(=O)c1ccccc1. The van der Waals surface area contributed by atoms with E-state index < -0.39 is 53.4 Å². The van der Waals surface area contributed by atoms with Gasteiger partial charge in [-0.25, -0.2) is 9.59 Å². The van der Waals surface area contributed by atoms with Crippen molar-refractivity contribution in [2.24, 2.45) is 11.8 Å². The summed E-state index contributed by atoms with van der Waals surface area (Å²) in [6.45, 7) is 4.32. The summed E-state index contributed by atoms with van der Waals surface area (Å²) in [6, 6.07) is 14.2. The van der Waals surface area contributed by atoms with Gasteiger partial charge in [-0.15, -0.1) is 0 Å². The number of carbonyl (C=O) groups is 5. The van der Waals surface area contributed by atoms with Crippen molar-refractivity contribution in [3.05, 3.63) is 60.2 Å². The van der Waals surface area contributed by atoms with E-state index in [9.17, 15) is 24.0 Å². The Kier molecular flexibility index (Phi) is 9.22. The number of amides is 1. The molecule has 38 heavy (non-hydrogen) atoms. The van der Waals surface area contributed by atoms with E-state index in [1.54, 1.807) is 37.3 Å². The van der Waals surface area contributed by atoms with Crippen LogP contribution in [0, 0.1) is 11.8 Å². The van der Waals surface area contributed by atoms with Gasteiger partial charge in [0.25, 0.3) is 0 Å². The number of ketones is 1. The fourth-order valence-corrected chi connectivity index (χ4v) is 4.71. The van der Waals surface area contributed by atoms with Gasteiger partial charge in [0.1, 0.15) is 11.7 Å². The number of hydrogen-bond donors (Lipinski definition) is 0. The molecule has 3 rings (SSSR count). The average Bonchev–Trinajstić information content (AvgIpc) is 3.18. The molecule has 1 fully saturated rings. The Hall–Kier alpha value is -4.21. The van der Waals surface area contributed by atoms with E-state index in [1.807, 2.05) is 0 Å². The maximum absolute atomic E-state index is 14.0. The van der Waals surface area contributed by atoms with Crippen LogP contribution in [-0.2, 0) is 33.4 Å². The van der Waals surface area contributed by atoms with E-state index >= 15 is 0 Å². The number of ether oxygens (including phenoxy) is 4. The number of Topliss-reactive ketones (excluding diaryl/α,β-unsaturated/α-hetero) is 1. The molecule has 0 aromatic heterocycles. The average molecular weight is 526 g/mol. The summed E-state index contributed by atoms with van der Waals surface area (Å²) in [7, 11) is 1.46. The number of carbonyl (C=O) groups excluding carboxylic acids is 5. The molecule has 0 unspecified atom stereocenters. The van der Waals surface area contributed by atoms with Gasteiger partial charge in [-0.05, 0) is 45.0 Å². The van der Waals surface area contributed by atoms with Crippen LogP contribution in [0.5, 0.6) is 5.75 Å². The third kappa shape index (κ3) is 5.11. The third-order valence-corrected chi connectivity index (χ3v) is 6.32. The summed E-state index contributed by atoms with van der Waals surface area (Å²) in [5, 5.41) is 0. The highest BCUT2D eigenvalue weighted by Gasteiger charge is 2.72. The zero-order valence-electron chi connectivity index (χ0n) is 21.8. The van der Waals surface area contributed by atoms with Gasteiger partial charge in [-0.2, -0.15) is 0 Å². The fourth-order valence-electron chi connectivity index (χ4n) is 4.71. The molecule has 0 radical (unpaired) electrons. The number of hydrogen-bond acceptors (Lipinski definition) is 9. The van der Waals surface area contributed by atoms with Crippen LogP contribution in [0.25, 0.3) is 0 Å². The number of nitrogens with zero attached hydrogens (tertiary/aromatic N) is 1. The van der Waals surface area contributed by atoms with Crippen LogP contribution in [0.1, 0.15) is 37.6 Å². The van der Waals surface area contributed by atoms with Crippen molar-refractivity contribution < 1.29 is 42.9 Å². The van der Waals surface area contributed by atoms with Crippen LogP contribution in [0.4, 0.5) is 5.69 Å². The van der Waals surface area contributed by atoms with Gasteiger partial charge in [-0.3, -0.25) is 19.3 Å². The van der Waals surface area contributed by atoms with E-state index in [1.165, 1.54) is 45.2 Å². The normalized spacial score (nSPS) is 18.0. The molecule has 0 spiro atoms. The maximum atomic E-state index is 14.0. The summed E-state index contributed by atoms with van der Waals surface area (Å²) >= 11 is 0. The molecule has 1 saturated heterocycles. The Labute approximate surface area is 220 Å². The Morgan fingerprint density at radius 1 is 0.816 bits per heavy atom. The van der Waals surface area contributed by atoms with E-state index in [-0.39, 0.29) is 31.1 Å². The van der Waals surface area contributed by atoms with E-state index in [4.69, 9.17) is 18.9 Å². The van der Waals surface area contributed by atoms with E-state index in [0.29, 0.717) is 5.75 Å². The second-order valence-electron chi connectivity index (χ2n) is 8.41. The molecule has 2 atom stereocenters. The molecule has 1 aliphatic rings. The molecular formula is C28H31NO9. The summed E-state index contributed by atoms with van der Waals surface area (Å²) in [4.78, 5) is 69.1. The topological polar surface area (TPSA) is 126 Å². The van der Waals surface area contributed by atoms with Crippen LogP contribution in [0.3, 0.4) is 0 Å². The molecule has 1 heterocycles. The molecule has 2 aromatic rings. The quantitative estimate of drug-likeness (QED) is 0.188. The predicted molar refractivity (Wildman–Crippen MR) is 135 cm³/mol. The summed E-state index contributed by atoms with van der Waals surface area (Å²) in [5.41, 5.74) is -2.08. The highest BCUT2D eigenvalue weighted by atomic mass is 16.6. The monoisotopic (exact) mass is 525 g/mol. The van der Waals surface area contributed by atoms with Crippen LogP contribution >= 0.6 is 0 Å². The Morgan fingerprint density at radius 2 is 1.37 bits per heavy atom. The van der Waals surface area contributed by atoms with Crippen LogP contribution in [0.15, 0.2) is 54.6 Å². The molecule has 0 N–H and O–H groups in total. The lowest BCUT2D eigenvalue weighted by Crippen LogP contribution is -2.63. The second kappa shape index (κ2) is 12.4. The van der Waals surface area contributed by atoms with Crippen molar-refractivity contribution in [3.63, 3.8) is 0 Å². The number of esters is 3. The van der Waals surface area contributed by atoms with Crippen LogP contribution < -0.4 is 9.64 Å². The lowest BCUT2D eigenvalue weighted by Gasteiger charge is -2.37. The number of benzene rings is 2. The summed E-state index contributed by atoms with van der Waals surface area (Å²) < 4.78 is 21.0. The minimum absolute atomic E-state index is 0.0592. The van der Waals surface area contributed by atoms with E-state index in [2.05, 4.69) is 0 Å². The van der Waals surface area contributed by atoms with Crippen molar-refractivity contribution >= 4 is 35.3 Å². The van der Waals surface area contributed by atoms with Gasteiger partial charge >= 0.3 is 17.9 Å². The van der Waals surface area contributed by atoms with Gasteiger partial charge in [0.15, 0.2) is 5.78 Å². The van der Waals surface area contributed by atoms with E-state index in [0.717, 1.165) is 4.90 Å². The molecule has 10 heteroatoms. The first-order chi connectivity index (χ1) is 18.3. The Morgan fingerprint density at radius 3 is 1.87 bits per heavy atom. The number of rotatable bonds is 11. The lowest BCUT2D eigenvalue weighted by atomic mass is 9.75. The minimum Gasteiger partial charge on any atom is -0.497 e. The molecule has 0 bridgehead atoms. The third-order valence-electron chi connectivity index (χ3n) is 6.32. The zero-order chi connectivity index (χ0) is 27.9. The van der Waals surface area contributed by atoms with Gasteiger partial charge in [0, 0.05) is 23.6 Å². The first-order valence-corrected chi connectivity index (χ1v) is 12.3. The highest BCUT2D eigenvalue weighted by molar-refractivity contribution is 6.23. The highest BCUT2D eigenvalue weighted by Crippen LogP contribution is 2.47. The molecule has 0 aliphatic carbocycles. The van der Waals surface area contributed by atoms with Crippen molar-refractivity contribution in [2.75, 3.05) is 31.8 Å². The van der Waals surface area contributed by atoms with Crippen LogP contribution in [-0.4, -0.2) is 62.1 Å². The molecule has 202 valence electrons. The molecule has 1 amide bonds. The molecule has 2 aromatic carbocycles. The largest absolute Gasteiger partial charge is 0.497 e. The van der Waals surface area contributed by atoms with Crippen molar-refractivity contribution in [1.29, 1.82) is 0 Å². The zero-order valence-corrected chi connectivity index (χ0v) is 21.8. The predicted octanol–water partition coefficient (Wildman–Crippen LogP) is 2.98. The van der Waals surface area contributed by atoms with Gasteiger partial charge in [0.2, 0.25) is 11.4 Å². The maximum Gasteiger partial charge on any atom is 0.344 e. The molecular weight excluding hydrogens is 494 g/mol. The molecule has 1 aliphatic heterocycles. The molecule has 0 saturated carbocycles. The second-order valence-corrected chi connectivity index (χ2v) is 8.41. The van der Waals surface area contributed by atoms with Gasteiger partial charge in [-0.1, -0.05) is 30.3 Å². The van der Waals surface area contributed by atoms with Gasteiger partial charge in [0.05, 0.1) is 26.9 Å². The Balaban J connectivity index is 2.31. The van der Waals surface area contributed by atoms with Crippen molar-refractivity contribution in [2.45, 2.75) is 32.7 Å². The standard InChI is InChI=1S/C28H31NO9/c1-5-36-25(32)23-21(17-22(30)18-11-9-8-10-12-18)28(26(33)37-6-2,27(34)38-7-3)29(24(23)31)19-13-15-20(35-4)16-14-19/h8-16,21,23H,5-7,17H2,1-4H3/t21-,23-/m1/s1. The number of methoxy groups -OCH3 is 1. The summed E-state index contributed by atoms with van der Waals surface area (Å²) in [6.07, 6.45) is -0.510. The first-order valence-electron chi connectivity index (χ1n) is 12.3. The lowest BCUT2D eigenvalue weighted by molar-refractivity contribution is -0.167. The van der Waals surface area contributed by atoms with Crippen molar-refractivity contribution in [3.8, 4) is 5.75 Å². The smallest absolute Gasteiger partial charge is 0.344 e. The van der Waals surface area contributed by atoms with Crippen molar-refractivity contribution in [1.82, 2.24) is 0 Å². The summed E-state index contributed by atoms with van der Waals surface area (Å²) in [5.74, 6) is -7.23. The Bertz CT molecular complexity index is 1160. The fraction of sp³-hybridized carbons (Fsp3) is 0.393. The van der Waals surface area contributed by atoms with Gasteiger partial charge < -0.3 is 18.9 Å². The molecule has 10 nitrogen and oxygen atoms in total. The van der Waals surface area contributed by atoms with Crippen LogP contribution in [0.2, 0.25) is 0 Å². The number of anilines is 1. The minimum atomic E-state index is -2.47.